The number of aliphatic hydroxyl groups excluding tert-OH is 1. The van der Waals surface area contributed by atoms with Crippen LogP contribution in [0.4, 0.5) is 5.69 Å². The number of ether oxygens (including phenoxy) is 1. The van der Waals surface area contributed by atoms with E-state index >= 15 is 0 Å². The number of hydrogen-bond acceptors (Lipinski definition) is 5. The van der Waals surface area contributed by atoms with E-state index in [1.807, 2.05) is 67.6 Å². The first-order valence-electron chi connectivity index (χ1n) is 12.5. The molecule has 0 aromatic heterocycles. The van der Waals surface area contributed by atoms with Crippen LogP contribution in [0.3, 0.4) is 0 Å². The Hall–Kier alpha value is -4.17. The van der Waals surface area contributed by atoms with Crippen molar-refractivity contribution in [2.75, 3.05) is 19.1 Å². The number of methoxy groups -OCH3 is 1. The molecule has 3 N–H and O–H groups in total. The fraction of sp³-hybridized carbons (Fsp3) is 0.300. The Morgan fingerprint density at radius 3 is 1.95 bits per heavy atom. The maximum Gasteiger partial charge on any atom is 0.249 e. The number of amides is 3. The smallest absolute Gasteiger partial charge is 0.249 e. The van der Waals surface area contributed by atoms with E-state index in [1.54, 1.807) is 38.4 Å². The van der Waals surface area contributed by atoms with Crippen molar-refractivity contribution in [1.82, 2.24) is 10.6 Å². The Morgan fingerprint density at radius 1 is 0.842 bits per heavy atom. The molecule has 3 atom stereocenters. The summed E-state index contributed by atoms with van der Waals surface area (Å²) >= 11 is 0. The number of anilines is 1. The minimum Gasteiger partial charge on any atom is -0.497 e. The summed E-state index contributed by atoms with van der Waals surface area (Å²) in [5.74, 6) is -0.900. The molecule has 0 saturated carbocycles. The molecule has 3 amide bonds. The zero-order valence-corrected chi connectivity index (χ0v) is 22.0. The summed E-state index contributed by atoms with van der Waals surface area (Å²) in [5, 5.41) is 15.9. The molecule has 3 rings (SSSR count). The first-order chi connectivity index (χ1) is 18.3. The number of carbonyl (C=O) groups is 3. The standard InChI is InChI=1S/C30H35N3O5/c1-21(18-22-10-6-4-7-11-22)31-29(36)27(34)20-28(35)32-26(19-23-12-8-5-9-13-23)30(37)33(2)24-14-16-25(38-3)17-15-24/h4-17,21,26-27,34H,18-20H2,1-3H3,(H,31,36)(H,32,35). The highest BCUT2D eigenvalue weighted by Crippen LogP contribution is 2.19. The van der Waals surface area contributed by atoms with E-state index in [2.05, 4.69) is 10.6 Å². The normalized spacial score (nSPS) is 13.1. The molecule has 0 aliphatic heterocycles. The van der Waals surface area contributed by atoms with Crippen molar-refractivity contribution in [1.29, 1.82) is 0 Å². The van der Waals surface area contributed by atoms with E-state index in [-0.39, 0.29) is 18.4 Å². The van der Waals surface area contributed by atoms with Gasteiger partial charge in [-0.2, -0.15) is 0 Å². The summed E-state index contributed by atoms with van der Waals surface area (Å²) in [6, 6.07) is 24.9. The van der Waals surface area contributed by atoms with E-state index in [4.69, 9.17) is 4.74 Å². The number of aliphatic hydroxyl groups is 1. The van der Waals surface area contributed by atoms with Gasteiger partial charge < -0.3 is 25.4 Å². The van der Waals surface area contributed by atoms with Crippen molar-refractivity contribution in [3.8, 4) is 5.75 Å². The van der Waals surface area contributed by atoms with Gasteiger partial charge in [0.1, 0.15) is 17.9 Å². The molecule has 0 fully saturated rings. The summed E-state index contributed by atoms with van der Waals surface area (Å²) in [6.45, 7) is 1.83. The highest BCUT2D eigenvalue weighted by atomic mass is 16.5. The van der Waals surface area contributed by atoms with Crippen LogP contribution in [0.1, 0.15) is 24.5 Å². The Morgan fingerprint density at radius 2 is 1.39 bits per heavy atom. The Balaban J connectivity index is 1.63. The number of carbonyl (C=O) groups excluding carboxylic acids is 3. The summed E-state index contributed by atoms with van der Waals surface area (Å²) < 4.78 is 5.18. The van der Waals surface area contributed by atoms with Gasteiger partial charge >= 0.3 is 0 Å². The second-order valence-electron chi connectivity index (χ2n) is 9.22. The van der Waals surface area contributed by atoms with Crippen molar-refractivity contribution >= 4 is 23.4 Å². The molecule has 3 unspecified atom stereocenters. The van der Waals surface area contributed by atoms with Crippen molar-refractivity contribution < 1.29 is 24.2 Å². The van der Waals surface area contributed by atoms with Crippen LogP contribution in [0.2, 0.25) is 0 Å². The molecule has 0 bridgehead atoms. The lowest BCUT2D eigenvalue weighted by molar-refractivity contribution is -0.136. The molecule has 0 aliphatic carbocycles. The SMILES string of the molecule is COc1ccc(N(C)C(=O)C(Cc2ccccc2)NC(=O)CC(O)C(=O)NC(C)Cc2ccccc2)cc1. The number of hydrogen-bond donors (Lipinski definition) is 3. The van der Waals surface area contributed by atoms with Gasteiger partial charge in [0.05, 0.1) is 13.5 Å². The molecule has 3 aromatic rings. The number of likely N-dealkylation sites (N-methyl/N-ethyl adjacent to an activating group) is 1. The maximum absolute atomic E-state index is 13.4. The molecule has 8 heteroatoms. The molecule has 0 heterocycles. The maximum atomic E-state index is 13.4. The van der Waals surface area contributed by atoms with Gasteiger partial charge in [-0.05, 0) is 48.7 Å². The summed E-state index contributed by atoms with van der Waals surface area (Å²) in [4.78, 5) is 40.2. The molecule has 8 nitrogen and oxygen atoms in total. The molecule has 0 spiro atoms. The fourth-order valence-electron chi connectivity index (χ4n) is 4.10. The van der Waals surface area contributed by atoms with Crippen LogP contribution in [-0.4, -0.2) is 55.2 Å². The molecule has 0 radical (unpaired) electrons. The Bertz CT molecular complexity index is 1190. The van der Waals surface area contributed by atoms with E-state index in [9.17, 15) is 19.5 Å². The quantitative estimate of drug-likeness (QED) is 0.343. The van der Waals surface area contributed by atoms with Gasteiger partial charge in [0.2, 0.25) is 17.7 Å². The minimum atomic E-state index is -1.54. The van der Waals surface area contributed by atoms with Gasteiger partial charge in [0.25, 0.3) is 0 Å². The van der Waals surface area contributed by atoms with E-state index < -0.39 is 30.4 Å². The van der Waals surface area contributed by atoms with Gasteiger partial charge in [-0.15, -0.1) is 0 Å². The summed E-state index contributed by atoms with van der Waals surface area (Å²) in [5.41, 5.74) is 2.55. The number of benzene rings is 3. The minimum absolute atomic E-state index is 0.229. The molecule has 3 aromatic carbocycles. The third kappa shape index (κ3) is 8.45. The monoisotopic (exact) mass is 517 g/mol. The highest BCUT2D eigenvalue weighted by molar-refractivity contribution is 5.99. The molecule has 0 aliphatic rings. The van der Waals surface area contributed by atoms with Crippen molar-refractivity contribution in [3.63, 3.8) is 0 Å². The Labute approximate surface area is 223 Å². The third-order valence-corrected chi connectivity index (χ3v) is 6.16. The highest BCUT2D eigenvalue weighted by Gasteiger charge is 2.28. The van der Waals surface area contributed by atoms with Crippen LogP contribution in [0.25, 0.3) is 0 Å². The second kappa shape index (κ2) is 13.9. The van der Waals surface area contributed by atoms with Crippen molar-refractivity contribution in [2.24, 2.45) is 0 Å². The van der Waals surface area contributed by atoms with Crippen LogP contribution in [0, 0.1) is 0 Å². The zero-order valence-electron chi connectivity index (χ0n) is 22.0. The lowest BCUT2D eigenvalue weighted by Crippen LogP contribution is -2.50. The van der Waals surface area contributed by atoms with Crippen LogP contribution in [-0.2, 0) is 27.2 Å². The van der Waals surface area contributed by atoms with Gasteiger partial charge in [-0.1, -0.05) is 60.7 Å². The second-order valence-corrected chi connectivity index (χ2v) is 9.22. The first kappa shape index (κ1) is 28.4. The molecular weight excluding hydrogens is 482 g/mol. The van der Waals surface area contributed by atoms with Gasteiger partial charge in [0.15, 0.2) is 0 Å². The van der Waals surface area contributed by atoms with E-state index in [0.29, 0.717) is 17.9 Å². The topological polar surface area (TPSA) is 108 Å². The predicted octanol–water partition coefficient (Wildman–Crippen LogP) is 2.88. The van der Waals surface area contributed by atoms with Crippen molar-refractivity contribution in [2.45, 2.75) is 44.4 Å². The average molecular weight is 518 g/mol. The zero-order chi connectivity index (χ0) is 27.5. The average Bonchev–Trinajstić information content (AvgIpc) is 2.93. The van der Waals surface area contributed by atoms with Crippen LogP contribution in [0.5, 0.6) is 5.75 Å². The van der Waals surface area contributed by atoms with Crippen LogP contribution < -0.4 is 20.3 Å². The fourth-order valence-corrected chi connectivity index (χ4v) is 4.10. The van der Waals surface area contributed by atoms with Gasteiger partial charge in [-0.25, -0.2) is 0 Å². The van der Waals surface area contributed by atoms with Gasteiger partial charge in [0, 0.05) is 25.2 Å². The molecular formula is C30H35N3O5. The number of rotatable bonds is 12. The number of nitrogens with one attached hydrogen (secondary N) is 2. The van der Waals surface area contributed by atoms with Gasteiger partial charge in [-0.3, -0.25) is 14.4 Å². The molecule has 200 valence electrons. The van der Waals surface area contributed by atoms with E-state index in [1.165, 1.54) is 4.90 Å². The first-order valence-corrected chi connectivity index (χ1v) is 12.5. The lowest BCUT2D eigenvalue weighted by Gasteiger charge is -2.25. The van der Waals surface area contributed by atoms with Crippen molar-refractivity contribution in [3.05, 3.63) is 96.1 Å². The molecule has 38 heavy (non-hydrogen) atoms. The largest absolute Gasteiger partial charge is 0.497 e. The van der Waals surface area contributed by atoms with Crippen LogP contribution in [0.15, 0.2) is 84.9 Å². The molecule has 0 saturated heterocycles. The predicted molar refractivity (Wildman–Crippen MR) is 147 cm³/mol. The number of nitrogens with zero attached hydrogens (tertiary/aromatic N) is 1. The Kier molecular flexibility index (Phi) is 10.4. The third-order valence-electron chi connectivity index (χ3n) is 6.16. The lowest BCUT2D eigenvalue weighted by atomic mass is 10.0. The van der Waals surface area contributed by atoms with E-state index in [0.717, 1.165) is 11.1 Å². The van der Waals surface area contributed by atoms with Crippen LogP contribution >= 0.6 is 0 Å². The summed E-state index contributed by atoms with van der Waals surface area (Å²) in [7, 11) is 3.19. The summed E-state index contributed by atoms with van der Waals surface area (Å²) in [6.07, 6.45) is -1.16.